The Morgan fingerprint density at radius 3 is 2.67 bits per heavy atom. The lowest BCUT2D eigenvalue weighted by molar-refractivity contribution is 0.0848. The van der Waals surface area contributed by atoms with Gasteiger partial charge >= 0.3 is 0 Å². The third-order valence-corrected chi connectivity index (χ3v) is 4.85. The fourth-order valence-corrected chi connectivity index (χ4v) is 3.17. The number of nitrogens with zero attached hydrogens (tertiary/aromatic N) is 2. The molecule has 4 nitrogen and oxygen atoms in total. The highest BCUT2D eigenvalue weighted by Crippen LogP contribution is 2.36. The third kappa shape index (κ3) is 2.94. The van der Waals surface area contributed by atoms with Crippen molar-refractivity contribution in [2.24, 2.45) is 0 Å². The summed E-state index contributed by atoms with van der Waals surface area (Å²) < 4.78 is 12.5. The summed E-state index contributed by atoms with van der Waals surface area (Å²) in [6, 6.07) is 7.58. The first-order valence-corrected chi connectivity index (χ1v) is 8.13. The van der Waals surface area contributed by atoms with Crippen molar-refractivity contribution in [3.05, 3.63) is 44.5 Å². The highest BCUT2D eigenvalue weighted by molar-refractivity contribution is 14.1. The summed E-state index contributed by atoms with van der Waals surface area (Å²) in [6.07, 6.45) is -0.341. The van der Waals surface area contributed by atoms with Crippen molar-refractivity contribution in [2.75, 3.05) is 6.61 Å². The zero-order valence-electron chi connectivity index (χ0n) is 11.6. The second-order valence-corrected chi connectivity index (χ2v) is 6.53. The summed E-state index contributed by atoms with van der Waals surface area (Å²) >= 11 is 8.41. The summed E-state index contributed by atoms with van der Waals surface area (Å²) in [5, 5.41) is 0.465. The molecule has 0 saturated heterocycles. The molecule has 0 spiro atoms. The lowest BCUT2D eigenvalue weighted by Crippen LogP contribution is -2.24. The number of halogens is 2. The van der Waals surface area contributed by atoms with Gasteiger partial charge in [0.2, 0.25) is 0 Å². The van der Waals surface area contributed by atoms with Crippen molar-refractivity contribution in [1.82, 2.24) is 9.97 Å². The molecule has 1 aliphatic rings. The normalized spacial score (nSPS) is 17.1. The Morgan fingerprint density at radius 2 is 1.95 bits per heavy atom. The molecule has 0 N–H and O–H groups in total. The van der Waals surface area contributed by atoms with Crippen molar-refractivity contribution < 1.29 is 9.47 Å². The van der Waals surface area contributed by atoms with E-state index in [0.29, 0.717) is 23.3 Å². The average molecular weight is 417 g/mol. The van der Waals surface area contributed by atoms with E-state index in [1.165, 1.54) is 0 Å². The average Bonchev–Trinajstić information content (AvgIpc) is 2.49. The molecule has 2 aromatic rings. The fourth-order valence-electron chi connectivity index (χ4n) is 2.13. The van der Waals surface area contributed by atoms with Gasteiger partial charge in [0.1, 0.15) is 11.8 Å². The van der Waals surface area contributed by atoms with Gasteiger partial charge < -0.3 is 9.47 Å². The lowest BCUT2D eigenvalue weighted by atomic mass is 10.1. The summed E-state index contributed by atoms with van der Waals surface area (Å²) in [4.78, 5) is 8.98. The minimum atomic E-state index is -0.341. The van der Waals surface area contributed by atoms with Crippen molar-refractivity contribution in [3.8, 4) is 11.5 Å². The van der Waals surface area contributed by atoms with Crippen LogP contribution in [-0.2, 0) is 0 Å². The van der Waals surface area contributed by atoms with Gasteiger partial charge in [-0.15, -0.1) is 0 Å². The topological polar surface area (TPSA) is 44.2 Å². The molecule has 21 heavy (non-hydrogen) atoms. The van der Waals surface area contributed by atoms with Crippen molar-refractivity contribution in [3.63, 3.8) is 0 Å². The van der Waals surface area contributed by atoms with Crippen LogP contribution in [0, 0.1) is 3.57 Å². The van der Waals surface area contributed by atoms with Crippen molar-refractivity contribution in [2.45, 2.75) is 25.9 Å². The number of fused-ring (bicyclic) bond motifs is 1. The molecule has 6 heteroatoms. The van der Waals surface area contributed by atoms with E-state index < -0.39 is 0 Å². The maximum Gasteiger partial charge on any atom is 0.192 e. The summed E-state index contributed by atoms with van der Waals surface area (Å²) in [6.45, 7) is 4.54. The first kappa shape index (κ1) is 14.8. The smallest absolute Gasteiger partial charge is 0.192 e. The Hall–Kier alpha value is -1.08. The van der Waals surface area contributed by atoms with Crippen LogP contribution in [0.2, 0.25) is 5.15 Å². The monoisotopic (exact) mass is 416 g/mol. The van der Waals surface area contributed by atoms with Crippen LogP contribution >= 0.6 is 34.2 Å². The summed E-state index contributed by atoms with van der Waals surface area (Å²) in [5.74, 6) is 2.29. The molecule has 1 aliphatic heterocycles. The van der Waals surface area contributed by atoms with E-state index in [-0.39, 0.29) is 12.0 Å². The molecule has 110 valence electrons. The first-order chi connectivity index (χ1) is 10.1. The van der Waals surface area contributed by atoms with E-state index in [4.69, 9.17) is 21.1 Å². The number of rotatable bonds is 2. The molecule has 0 aliphatic carbocycles. The summed E-state index contributed by atoms with van der Waals surface area (Å²) in [5.41, 5.74) is 0.938. The SMILES string of the molecule is CC(C)c1nc(C2COc3ccccc3O2)nc(Cl)c1I. The second-order valence-electron chi connectivity index (χ2n) is 5.09. The van der Waals surface area contributed by atoms with Gasteiger partial charge in [0, 0.05) is 0 Å². The van der Waals surface area contributed by atoms with Crippen molar-refractivity contribution >= 4 is 34.2 Å². The van der Waals surface area contributed by atoms with Crippen LogP contribution in [0.15, 0.2) is 24.3 Å². The molecule has 1 atom stereocenters. The Kier molecular flexibility index (Phi) is 4.21. The quantitative estimate of drug-likeness (QED) is 0.539. The standard InChI is InChI=1S/C15H14ClIN2O2/c1-8(2)13-12(17)14(16)19-15(18-13)11-7-20-9-5-3-4-6-10(9)21-11/h3-6,8,11H,7H2,1-2H3. The molecule has 0 bridgehead atoms. The predicted octanol–water partition coefficient (Wildman–Crippen LogP) is 4.37. The van der Waals surface area contributed by atoms with Gasteiger partial charge in [-0.05, 0) is 40.6 Å². The molecule has 3 rings (SSSR count). The Balaban J connectivity index is 1.95. The van der Waals surface area contributed by atoms with E-state index in [1.807, 2.05) is 24.3 Å². The molecule has 1 aromatic carbocycles. The molecular formula is C15H14ClIN2O2. The van der Waals surface area contributed by atoms with Gasteiger partial charge in [-0.25, -0.2) is 9.97 Å². The van der Waals surface area contributed by atoms with E-state index in [2.05, 4.69) is 46.4 Å². The van der Waals surface area contributed by atoms with Crippen LogP contribution in [0.4, 0.5) is 0 Å². The highest BCUT2D eigenvalue weighted by Gasteiger charge is 2.26. The van der Waals surface area contributed by atoms with Crippen LogP contribution in [-0.4, -0.2) is 16.6 Å². The zero-order valence-corrected chi connectivity index (χ0v) is 14.6. The Labute approximate surface area is 142 Å². The molecule has 0 amide bonds. The van der Waals surface area contributed by atoms with E-state index >= 15 is 0 Å². The maximum atomic E-state index is 6.23. The van der Waals surface area contributed by atoms with Crippen LogP contribution in [0.5, 0.6) is 11.5 Å². The van der Waals surface area contributed by atoms with Crippen LogP contribution in [0.25, 0.3) is 0 Å². The molecule has 2 heterocycles. The minimum Gasteiger partial charge on any atom is -0.485 e. The number of benzene rings is 1. The van der Waals surface area contributed by atoms with E-state index in [9.17, 15) is 0 Å². The second kappa shape index (κ2) is 5.96. The van der Waals surface area contributed by atoms with Gasteiger partial charge in [-0.2, -0.15) is 0 Å². The van der Waals surface area contributed by atoms with E-state index in [1.54, 1.807) is 0 Å². The Bertz CT molecular complexity index is 679. The largest absolute Gasteiger partial charge is 0.485 e. The van der Waals surface area contributed by atoms with Crippen molar-refractivity contribution in [1.29, 1.82) is 0 Å². The van der Waals surface area contributed by atoms with Gasteiger partial charge in [0.05, 0.1) is 9.26 Å². The fraction of sp³-hybridized carbons (Fsp3) is 0.333. The number of hydrogen-bond acceptors (Lipinski definition) is 4. The maximum absolute atomic E-state index is 6.23. The van der Waals surface area contributed by atoms with E-state index in [0.717, 1.165) is 15.0 Å². The van der Waals surface area contributed by atoms with Gasteiger partial charge in [-0.3, -0.25) is 0 Å². The third-order valence-electron chi connectivity index (χ3n) is 3.20. The molecule has 0 radical (unpaired) electrons. The zero-order chi connectivity index (χ0) is 15.0. The van der Waals surface area contributed by atoms with Crippen LogP contribution in [0.1, 0.15) is 37.4 Å². The number of hydrogen-bond donors (Lipinski definition) is 0. The number of aromatic nitrogens is 2. The van der Waals surface area contributed by atoms with Gasteiger partial charge in [0.15, 0.2) is 23.4 Å². The molecular weight excluding hydrogens is 403 g/mol. The van der Waals surface area contributed by atoms with Crippen LogP contribution in [0.3, 0.4) is 0 Å². The van der Waals surface area contributed by atoms with Gasteiger partial charge in [0.25, 0.3) is 0 Å². The molecule has 1 unspecified atom stereocenters. The number of para-hydroxylation sites is 2. The number of ether oxygens (including phenoxy) is 2. The first-order valence-electron chi connectivity index (χ1n) is 6.67. The van der Waals surface area contributed by atoms with Gasteiger partial charge in [-0.1, -0.05) is 37.6 Å². The predicted molar refractivity (Wildman–Crippen MR) is 89.2 cm³/mol. The minimum absolute atomic E-state index is 0.271. The summed E-state index contributed by atoms with van der Waals surface area (Å²) in [7, 11) is 0. The molecule has 0 fully saturated rings. The Morgan fingerprint density at radius 1 is 1.24 bits per heavy atom. The van der Waals surface area contributed by atoms with Crippen LogP contribution < -0.4 is 9.47 Å². The molecule has 0 saturated carbocycles. The lowest BCUT2D eigenvalue weighted by Gasteiger charge is -2.26. The molecule has 1 aromatic heterocycles. The highest BCUT2D eigenvalue weighted by atomic mass is 127.